The Morgan fingerprint density at radius 1 is 1.33 bits per heavy atom. The number of nitrogens with one attached hydrogen (secondary N) is 2. The van der Waals surface area contributed by atoms with E-state index >= 15 is 0 Å². The highest BCUT2D eigenvalue weighted by Gasteiger charge is 2.29. The minimum atomic E-state index is -3.17. The zero-order valence-electron chi connectivity index (χ0n) is 13.8. The van der Waals surface area contributed by atoms with Gasteiger partial charge in [-0.2, -0.15) is 11.8 Å². The summed E-state index contributed by atoms with van der Waals surface area (Å²) in [5.74, 6) is 1.21. The molecular formula is C16H25N3O3S2. The van der Waals surface area contributed by atoms with Crippen molar-refractivity contribution in [2.45, 2.75) is 41.4 Å². The van der Waals surface area contributed by atoms with E-state index in [1.54, 1.807) is 12.1 Å². The van der Waals surface area contributed by atoms with E-state index in [0.29, 0.717) is 23.3 Å². The number of benzene rings is 1. The molecule has 4 atom stereocenters. The van der Waals surface area contributed by atoms with Crippen LogP contribution in [-0.2, 0) is 14.6 Å². The molecule has 2 saturated heterocycles. The fraction of sp³-hybridized carbons (Fsp3) is 0.625. The molecule has 0 aliphatic carbocycles. The molecule has 1 aromatic rings. The molecule has 0 aromatic heterocycles. The van der Waals surface area contributed by atoms with Crippen LogP contribution >= 0.6 is 11.8 Å². The van der Waals surface area contributed by atoms with Crippen molar-refractivity contribution in [3.8, 4) is 0 Å². The predicted octanol–water partition coefficient (Wildman–Crippen LogP) is 0.847. The topological polar surface area (TPSA) is 93.5 Å². The Bertz CT molecular complexity index is 645. The summed E-state index contributed by atoms with van der Waals surface area (Å²) in [6.07, 6.45) is 3.18. The van der Waals surface area contributed by atoms with Crippen molar-refractivity contribution < 1.29 is 13.2 Å². The van der Waals surface area contributed by atoms with Crippen LogP contribution in [0.25, 0.3) is 0 Å². The van der Waals surface area contributed by atoms with Gasteiger partial charge in [0.2, 0.25) is 0 Å². The van der Waals surface area contributed by atoms with Crippen molar-refractivity contribution in [2.24, 2.45) is 5.73 Å². The quantitative estimate of drug-likeness (QED) is 0.706. The van der Waals surface area contributed by atoms with Crippen molar-refractivity contribution >= 4 is 21.6 Å². The third kappa shape index (κ3) is 4.50. The normalized spacial score (nSPS) is 31.2. The van der Waals surface area contributed by atoms with Crippen molar-refractivity contribution in [1.82, 2.24) is 10.6 Å². The molecule has 0 radical (unpaired) electrons. The zero-order chi connectivity index (χ0) is 17.2. The minimum absolute atomic E-state index is 0.0413. The first-order valence-electron chi connectivity index (χ1n) is 8.22. The van der Waals surface area contributed by atoms with Gasteiger partial charge >= 0.3 is 0 Å². The van der Waals surface area contributed by atoms with E-state index in [2.05, 4.69) is 10.6 Å². The number of hydrogen-bond acceptors (Lipinski definition) is 7. The maximum atomic E-state index is 11.6. The molecule has 8 heteroatoms. The summed E-state index contributed by atoms with van der Waals surface area (Å²) in [6, 6.07) is 7.02. The van der Waals surface area contributed by atoms with Gasteiger partial charge in [-0.15, -0.1) is 0 Å². The zero-order valence-corrected chi connectivity index (χ0v) is 15.4. The lowest BCUT2D eigenvalue weighted by molar-refractivity contribution is -0.0180. The van der Waals surface area contributed by atoms with Gasteiger partial charge in [0.25, 0.3) is 0 Å². The summed E-state index contributed by atoms with van der Waals surface area (Å²) in [4.78, 5) is 0.331. The number of sulfone groups is 1. The van der Waals surface area contributed by atoms with Gasteiger partial charge in [-0.3, -0.25) is 10.6 Å². The Labute approximate surface area is 147 Å². The second kappa shape index (κ2) is 7.72. The van der Waals surface area contributed by atoms with Crippen molar-refractivity contribution in [1.29, 1.82) is 0 Å². The summed E-state index contributed by atoms with van der Waals surface area (Å²) in [6.45, 7) is 1.38. The predicted molar refractivity (Wildman–Crippen MR) is 96.6 cm³/mol. The monoisotopic (exact) mass is 371 g/mol. The number of thioether (sulfide) groups is 1. The van der Waals surface area contributed by atoms with Crippen LogP contribution in [0.15, 0.2) is 29.2 Å². The van der Waals surface area contributed by atoms with Gasteiger partial charge in [-0.05, 0) is 36.3 Å². The minimum Gasteiger partial charge on any atom is -0.359 e. The summed E-state index contributed by atoms with van der Waals surface area (Å²) in [5.41, 5.74) is 7.12. The lowest BCUT2D eigenvalue weighted by Crippen LogP contribution is -2.62. The SMILES string of the molecule is CS(=O)(=O)c1ccc(C2CNC(N)C(OCC3CCCS3)N2)cc1. The molecule has 0 amide bonds. The van der Waals surface area contributed by atoms with E-state index in [-0.39, 0.29) is 18.4 Å². The van der Waals surface area contributed by atoms with Crippen LogP contribution in [0.2, 0.25) is 0 Å². The Kier molecular flexibility index (Phi) is 5.84. The number of piperazine rings is 1. The average Bonchev–Trinajstić information content (AvgIpc) is 3.07. The molecular weight excluding hydrogens is 346 g/mol. The van der Waals surface area contributed by atoms with Crippen LogP contribution in [-0.4, -0.2) is 51.2 Å². The Hall–Kier alpha value is -0.640. The highest BCUT2D eigenvalue weighted by molar-refractivity contribution is 8.00. The van der Waals surface area contributed by atoms with Crippen LogP contribution in [0.4, 0.5) is 0 Å². The van der Waals surface area contributed by atoms with E-state index in [4.69, 9.17) is 10.5 Å². The van der Waals surface area contributed by atoms with Crippen LogP contribution in [0.3, 0.4) is 0 Å². The molecule has 0 spiro atoms. The lowest BCUT2D eigenvalue weighted by Gasteiger charge is -2.37. The molecule has 3 rings (SSSR count). The number of ether oxygens (including phenoxy) is 1. The van der Waals surface area contributed by atoms with E-state index in [0.717, 1.165) is 5.56 Å². The number of nitrogens with two attached hydrogens (primary N) is 1. The summed E-state index contributed by atoms with van der Waals surface area (Å²) >= 11 is 1.96. The van der Waals surface area contributed by atoms with E-state index in [1.165, 1.54) is 24.9 Å². The highest BCUT2D eigenvalue weighted by atomic mass is 32.2. The lowest BCUT2D eigenvalue weighted by atomic mass is 10.0. The Morgan fingerprint density at radius 3 is 2.71 bits per heavy atom. The first-order chi connectivity index (χ1) is 11.4. The first-order valence-corrected chi connectivity index (χ1v) is 11.2. The molecule has 0 bridgehead atoms. The maximum Gasteiger partial charge on any atom is 0.175 e. The number of hydrogen-bond donors (Lipinski definition) is 3. The molecule has 2 aliphatic heterocycles. The Balaban J connectivity index is 1.61. The van der Waals surface area contributed by atoms with Crippen molar-refractivity contribution in [3.05, 3.63) is 29.8 Å². The molecule has 1 aromatic carbocycles. The Morgan fingerprint density at radius 2 is 2.08 bits per heavy atom. The molecule has 24 heavy (non-hydrogen) atoms. The second-order valence-corrected chi connectivity index (χ2v) is 9.81. The third-order valence-corrected chi connectivity index (χ3v) is 6.94. The highest BCUT2D eigenvalue weighted by Crippen LogP contribution is 2.27. The van der Waals surface area contributed by atoms with Gasteiger partial charge in [0.05, 0.1) is 17.7 Å². The van der Waals surface area contributed by atoms with E-state index in [1.807, 2.05) is 23.9 Å². The molecule has 2 heterocycles. The number of rotatable bonds is 5. The second-order valence-electron chi connectivity index (χ2n) is 6.38. The molecule has 4 N–H and O–H groups in total. The fourth-order valence-corrected chi connectivity index (χ4v) is 4.83. The first kappa shape index (κ1) is 18.2. The van der Waals surface area contributed by atoms with Gasteiger partial charge in [0.15, 0.2) is 9.84 Å². The van der Waals surface area contributed by atoms with Crippen LogP contribution in [0.1, 0.15) is 24.4 Å². The largest absolute Gasteiger partial charge is 0.359 e. The standard InChI is InChI=1S/C16H25N3O3S2/c1-24(20,21)13-6-4-11(5-7-13)14-9-18-15(17)16(19-14)22-10-12-3-2-8-23-12/h4-7,12,14-16,18-19H,2-3,8-10,17H2,1H3. The van der Waals surface area contributed by atoms with Gasteiger partial charge in [0, 0.05) is 24.1 Å². The smallest absolute Gasteiger partial charge is 0.175 e. The fourth-order valence-electron chi connectivity index (χ4n) is 3.02. The molecule has 0 saturated carbocycles. The summed E-state index contributed by atoms with van der Waals surface area (Å²) in [5, 5.41) is 7.26. The molecule has 134 valence electrons. The van der Waals surface area contributed by atoms with Gasteiger partial charge in [-0.25, -0.2) is 8.42 Å². The maximum absolute atomic E-state index is 11.6. The molecule has 6 nitrogen and oxygen atoms in total. The van der Waals surface area contributed by atoms with Crippen LogP contribution in [0.5, 0.6) is 0 Å². The molecule has 2 aliphatic rings. The summed E-state index contributed by atoms with van der Waals surface area (Å²) < 4.78 is 29.1. The third-order valence-electron chi connectivity index (χ3n) is 4.45. The van der Waals surface area contributed by atoms with Gasteiger partial charge < -0.3 is 10.5 Å². The van der Waals surface area contributed by atoms with Gasteiger partial charge in [-0.1, -0.05) is 12.1 Å². The van der Waals surface area contributed by atoms with Gasteiger partial charge in [0.1, 0.15) is 6.23 Å². The van der Waals surface area contributed by atoms with Crippen molar-refractivity contribution in [2.75, 3.05) is 25.2 Å². The molecule has 2 fully saturated rings. The van der Waals surface area contributed by atoms with Crippen LogP contribution < -0.4 is 16.4 Å². The molecule has 4 unspecified atom stereocenters. The average molecular weight is 372 g/mol. The van der Waals surface area contributed by atoms with E-state index < -0.39 is 9.84 Å². The van der Waals surface area contributed by atoms with E-state index in [9.17, 15) is 8.42 Å². The van der Waals surface area contributed by atoms with Crippen molar-refractivity contribution in [3.63, 3.8) is 0 Å². The van der Waals surface area contributed by atoms with Crippen LogP contribution in [0, 0.1) is 0 Å². The summed E-state index contributed by atoms with van der Waals surface area (Å²) in [7, 11) is -3.17.